The highest BCUT2D eigenvalue weighted by atomic mass is 32.1. The minimum atomic E-state index is -0.403. The van der Waals surface area contributed by atoms with Crippen molar-refractivity contribution in [1.29, 1.82) is 0 Å². The lowest BCUT2D eigenvalue weighted by Crippen LogP contribution is -2.26. The molecule has 3 rings (SSSR count). The van der Waals surface area contributed by atoms with E-state index < -0.39 is 5.91 Å². The molecule has 23 heavy (non-hydrogen) atoms. The minimum Gasteiger partial charge on any atom is -0.494 e. The third-order valence-electron chi connectivity index (χ3n) is 3.66. The van der Waals surface area contributed by atoms with E-state index >= 15 is 0 Å². The average molecular weight is 331 g/mol. The summed E-state index contributed by atoms with van der Waals surface area (Å²) in [5.74, 6) is 0.0773. The maximum atomic E-state index is 12.3. The number of aromatic nitrogens is 2. The summed E-state index contributed by atoms with van der Waals surface area (Å²) in [5, 5.41) is 3.13. The number of Topliss-reactive ketones (excluding diaryl/α,β-unsaturated/α-hetero) is 1. The molecule has 1 amide bonds. The molecule has 2 aromatic rings. The van der Waals surface area contributed by atoms with Crippen molar-refractivity contribution < 1.29 is 14.3 Å². The van der Waals surface area contributed by atoms with E-state index in [9.17, 15) is 9.59 Å². The number of ketones is 1. The van der Waals surface area contributed by atoms with Gasteiger partial charge in [0.1, 0.15) is 5.75 Å². The van der Waals surface area contributed by atoms with E-state index in [4.69, 9.17) is 4.74 Å². The van der Waals surface area contributed by atoms with Crippen molar-refractivity contribution in [2.45, 2.75) is 26.7 Å². The summed E-state index contributed by atoms with van der Waals surface area (Å²) in [4.78, 5) is 33.6. The molecule has 0 spiro atoms. The lowest BCUT2D eigenvalue weighted by atomic mass is 9.78. The Kier molecular flexibility index (Phi) is 3.89. The predicted molar refractivity (Wildman–Crippen MR) is 87.3 cm³/mol. The number of hydrogen-bond acceptors (Lipinski definition) is 6. The molecule has 1 aliphatic rings. The van der Waals surface area contributed by atoms with Crippen LogP contribution in [0.1, 0.15) is 46.1 Å². The minimum absolute atomic E-state index is 0.0877. The number of carbonyl (C=O) groups is 2. The summed E-state index contributed by atoms with van der Waals surface area (Å²) < 4.78 is 5.14. The van der Waals surface area contributed by atoms with E-state index in [0.717, 1.165) is 12.1 Å². The highest BCUT2D eigenvalue weighted by Gasteiger charge is 2.34. The van der Waals surface area contributed by atoms with Gasteiger partial charge in [-0.2, -0.15) is 0 Å². The van der Waals surface area contributed by atoms with Gasteiger partial charge in [-0.3, -0.25) is 14.9 Å². The van der Waals surface area contributed by atoms with Crippen LogP contribution >= 0.6 is 11.3 Å². The van der Waals surface area contributed by atoms with Crippen molar-refractivity contribution in [2.24, 2.45) is 5.41 Å². The Morgan fingerprint density at radius 3 is 2.91 bits per heavy atom. The molecule has 2 heterocycles. The van der Waals surface area contributed by atoms with E-state index in [1.807, 2.05) is 13.8 Å². The summed E-state index contributed by atoms with van der Waals surface area (Å²) >= 11 is 1.22. The topological polar surface area (TPSA) is 81.2 Å². The van der Waals surface area contributed by atoms with E-state index in [1.54, 1.807) is 12.1 Å². The van der Waals surface area contributed by atoms with Gasteiger partial charge in [-0.05, 0) is 24.0 Å². The Morgan fingerprint density at radius 2 is 2.17 bits per heavy atom. The van der Waals surface area contributed by atoms with Gasteiger partial charge >= 0.3 is 0 Å². The van der Waals surface area contributed by atoms with Gasteiger partial charge in [0.05, 0.1) is 17.7 Å². The zero-order chi connectivity index (χ0) is 16.6. The number of hydrogen-bond donors (Lipinski definition) is 1. The van der Waals surface area contributed by atoms with E-state index in [0.29, 0.717) is 22.2 Å². The number of ether oxygens (including phenoxy) is 1. The first kappa shape index (κ1) is 15.6. The second-order valence-corrected chi connectivity index (χ2v) is 7.24. The van der Waals surface area contributed by atoms with Gasteiger partial charge in [0, 0.05) is 12.6 Å². The van der Waals surface area contributed by atoms with Gasteiger partial charge in [-0.25, -0.2) is 9.97 Å². The van der Waals surface area contributed by atoms with Crippen LogP contribution in [0.5, 0.6) is 5.75 Å². The fourth-order valence-corrected chi connectivity index (χ4v) is 3.57. The summed E-state index contributed by atoms with van der Waals surface area (Å²) in [6.45, 7) is 4.09. The molecule has 1 aliphatic carbocycles. The largest absolute Gasteiger partial charge is 0.494 e. The van der Waals surface area contributed by atoms with Crippen molar-refractivity contribution in [1.82, 2.24) is 9.97 Å². The van der Waals surface area contributed by atoms with Gasteiger partial charge in [0.2, 0.25) is 0 Å². The van der Waals surface area contributed by atoms with Gasteiger partial charge < -0.3 is 4.74 Å². The van der Waals surface area contributed by atoms with Crippen molar-refractivity contribution in [3.05, 3.63) is 34.6 Å². The molecule has 0 unspecified atom stereocenters. The molecule has 0 saturated heterocycles. The molecule has 0 bridgehead atoms. The maximum Gasteiger partial charge on any atom is 0.279 e. The molecule has 7 heteroatoms. The van der Waals surface area contributed by atoms with Crippen molar-refractivity contribution in [3.8, 4) is 5.75 Å². The molecular weight excluding hydrogens is 314 g/mol. The number of carbonyl (C=O) groups excluding carboxylic acids is 2. The van der Waals surface area contributed by atoms with Crippen LogP contribution in [0.25, 0.3) is 0 Å². The van der Waals surface area contributed by atoms with Crippen LogP contribution in [-0.4, -0.2) is 28.8 Å². The highest BCUT2D eigenvalue weighted by molar-refractivity contribution is 7.17. The number of anilines is 1. The van der Waals surface area contributed by atoms with Crippen LogP contribution in [0.15, 0.2) is 18.3 Å². The molecule has 0 fully saturated rings. The van der Waals surface area contributed by atoms with Crippen molar-refractivity contribution >= 4 is 28.2 Å². The van der Waals surface area contributed by atoms with Crippen LogP contribution in [0.3, 0.4) is 0 Å². The third-order valence-corrected chi connectivity index (χ3v) is 4.72. The van der Waals surface area contributed by atoms with Gasteiger partial charge in [0.15, 0.2) is 16.6 Å². The number of nitrogens with one attached hydrogen (secondary N) is 1. The van der Waals surface area contributed by atoms with Crippen molar-refractivity contribution in [3.63, 3.8) is 0 Å². The van der Waals surface area contributed by atoms with Gasteiger partial charge in [0.25, 0.3) is 5.91 Å². The lowest BCUT2D eigenvalue weighted by molar-refractivity contribution is 0.0915. The van der Waals surface area contributed by atoms with Crippen LogP contribution in [0.4, 0.5) is 5.13 Å². The fraction of sp³-hybridized carbons (Fsp3) is 0.375. The fourth-order valence-electron chi connectivity index (χ4n) is 2.66. The predicted octanol–water partition coefficient (Wildman–Crippen LogP) is 2.95. The SMILES string of the molecule is COc1cccnc1C(=O)Nc1nc2c(s1)C(=O)CC(C)(C)C2. The van der Waals surface area contributed by atoms with Crippen LogP contribution in [0, 0.1) is 5.41 Å². The number of fused-ring (bicyclic) bond motifs is 1. The van der Waals surface area contributed by atoms with Gasteiger partial charge in [-0.1, -0.05) is 25.2 Å². The summed E-state index contributed by atoms with van der Waals surface area (Å²) in [6.07, 6.45) is 2.76. The van der Waals surface area contributed by atoms with Gasteiger partial charge in [-0.15, -0.1) is 0 Å². The third kappa shape index (κ3) is 3.10. The monoisotopic (exact) mass is 331 g/mol. The molecule has 1 N–H and O–H groups in total. The standard InChI is InChI=1S/C16H17N3O3S/c1-16(2)7-9-13(10(20)8-16)23-15(18-9)19-14(21)12-11(22-3)5-4-6-17-12/h4-6H,7-8H2,1-3H3,(H,18,19,21). The first-order valence-corrected chi connectivity index (χ1v) is 8.04. The zero-order valence-electron chi connectivity index (χ0n) is 13.2. The number of amides is 1. The summed E-state index contributed by atoms with van der Waals surface area (Å²) in [6, 6.07) is 3.36. The van der Waals surface area contributed by atoms with E-state index in [2.05, 4.69) is 15.3 Å². The Balaban J connectivity index is 1.85. The molecule has 0 saturated carbocycles. The Hall–Kier alpha value is -2.28. The highest BCUT2D eigenvalue weighted by Crippen LogP contribution is 2.38. The second kappa shape index (κ2) is 5.73. The Morgan fingerprint density at radius 1 is 1.39 bits per heavy atom. The molecule has 2 aromatic heterocycles. The zero-order valence-corrected chi connectivity index (χ0v) is 14.0. The lowest BCUT2D eigenvalue weighted by Gasteiger charge is -2.26. The van der Waals surface area contributed by atoms with Crippen molar-refractivity contribution in [2.75, 3.05) is 12.4 Å². The first-order chi connectivity index (χ1) is 10.9. The van der Waals surface area contributed by atoms with Crippen LogP contribution < -0.4 is 10.1 Å². The molecular formula is C16H17N3O3S. The number of rotatable bonds is 3. The van der Waals surface area contributed by atoms with Crippen LogP contribution in [-0.2, 0) is 6.42 Å². The quantitative estimate of drug-likeness (QED) is 0.935. The molecule has 0 aromatic carbocycles. The maximum absolute atomic E-state index is 12.3. The smallest absolute Gasteiger partial charge is 0.279 e. The summed E-state index contributed by atoms with van der Waals surface area (Å²) in [5.41, 5.74) is 0.860. The first-order valence-electron chi connectivity index (χ1n) is 7.23. The average Bonchev–Trinajstić information content (AvgIpc) is 2.88. The van der Waals surface area contributed by atoms with E-state index in [-0.39, 0.29) is 16.9 Å². The molecule has 0 atom stereocenters. The Bertz CT molecular complexity index is 783. The molecule has 0 radical (unpaired) electrons. The number of nitrogens with zero attached hydrogens (tertiary/aromatic N) is 2. The second-order valence-electron chi connectivity index (χ2n) is 6.24. The molecule has 6 nitrogen and oxygen atoms in total. The molecule has 0 aliphatic heterocycles. The number of pyridine rings is 1. The molecule has 120 valence electrons. The number of thiazole rings is 1. The number of methoxy groups -OCH3 is 1. The Labute approximate surface area is 137 Å². The van der Waals surface area contributed by atoms with E-state index in [1.165, 1.54) is 24.6 Å². The van der Waals surface area contributed by atoms with Crippen LogP contribution in [0.2, 0.25) is 0 Å². The normalized spacial score (nSPS) is 15.9. The summed E-state index contributed by atoms with van der Waals surface area (Å²) in [7, 11) is 1.48.